The topological polar surface area (TPSA) is 77.2 Å². The van der Waals surface area contributed by atoms with Gasteiger partial charge in [0.15, 0.2) is 15.2 Å². The van der Waals surface area contributed by atoms with Gasteiger partial charge in [0.05, 0.1) is 19.9 Å². The summed E-state index contributed by atoms with van der Waals surface area (Å²) in [5.41, 5.74) is 0. The third-order valence-corrected chi connectivity index (χ3v) is 3.40. The molecule has 2 heterocycles. The summed E-state index contributed by atoms with van der Waals surface area (Å²) in [6.07, 6.45) is 1.63. The molecule has 0 aromatic carbocycles. The number of thiazole rings is 1. The van der Waals surface area contributed by atoms with Gasteiger partial charge in [0.25, 0.3) is 0 Å². The number of aryl methyl sites for hydroxylation is 1. The molecule has 0 bridgehead atoms. The van der Waals surface area contributed by atoms with E-state index in [1.807, 2.05) is 6.92 Å². The van der Waals surface area contributed by atoms with Crippen molar-refractivity contribution in [3.63, 3.8) is 0 Å². The molecule has 2 rings (SSSR count). The van der Waals surface area contributed by atoms with Crippen molar-refractivity contribution in [3.05, 3.63) is 27.9 Å². The van der Waals surface area contributed by atoms with Crippen LogP contribution in [0.5, 0.6) is 0 Å². The van der Waals surface area contributed by atoms with Crippen LogP contribution in [0.25, 0.3) is 0 Å². The molecule has 6 nitrogen and oxygen atoms in total. The number of methoxy groups -OCH3 is 1. The summed E-state index contributed by atoms with van der Waals surface area (Å²) >= 11 is 6.94. The summed E-state index contributed by atoms with van der Waals surface area (Å²) in [4.78, 5) is 19.6. The van der Waals surface area contributed by atoms with E-state index in [0.717, 1.165) is 17.1 Å². The van der Waals surface area contributed by atoms with Crippen LogP contribution in [0.4, 0.5) is 5.13 Å². The van der Waals surface area contributed by atoms with E-state index in [1.54, 1.807) is 6.20 Å². The fourth-order valence-electron chi connectivity index (χ4n) is 1.23. The zero-order chi connectivity index (χ0) is 13.1. The van der Waals surface area contributed by atoms with Crippen LogP contribution >= 0.6 is 22.9 Å². The fourth-order valence-corrected chi connectivity index (χ4v) is 2.33. The van der Waals surface area contributed by atoms with Crippen LogP contribution in [0.15, 0.2) is 10.6 Å². The van der Waals surface area contributed by atoms with Gasteiger partial charge in [0.2, 0.25) is 5.89 Å². The number of hydrogen-bond donors (Lipinski definition) is 1. The molecule has 0 aliphatic heterocycles. The van der Waals surface area contributed by atoms with Gasteiger partial charge in [-0.2, -0.15) is 0 Å². The summed E-state index contributed by atoms with van der Waals surface area (Å²) in [7, 11) is 1.29. The van der Waals surface area contributed by atoms with E-state index in [4.69, 9.17) is 16.0 Å². The van der Waals surface area contributed by atoms with Gasteiger partial charge in [-0.05, 0) is 6.92 Å². The van der Waals surface area contributed by atoms with Crippen molar-refractivity contribution in [3.8, 4) is 0 Å². The number of halogens is 1. The normalized spacial score (nSPS) is 10.4. The van der Waals surface area contributed by atoms with Crippen molar-refractivity contribution < 1.29 is 13.9 Å². The highest BCUT2D eigenvalue weighted by atomic mass is 35.5. The lowest BCUT2D eigenvalue weighted by Gasteiger charge is -1.97. The van der Waals surface area contributed by atoms with E-state index < -0.39 is 5.97 Å². The van der Waals surface area contributed by atoms with Crippen molar-refractivity contribution in [2.75, 3.05) is 12.4 Å². The number of carbonyl (C=O) groups is 1. The maximum atomic E-state index is 11.3. The quantitative estimate of drug-likeness (QED) is 0.871. The lowest BCUT2D eigenvalue weighted by molar-refractivity contribution is 0.0606. The molecule has 0 aliphatic carbocycles. The molecule has 0 saturated carbocycles. The molecule has 18 heavy (non-hydrogen) atoms. The number of rotatable bonds is 4. The first-order valence-corrected chi connectivity index (χ1v) is 6.19. The average molecular weight is 288 g/mol. The SMILES string of the molecule is COC(=O)c1sc(NCc2ncc(C)o2)nc1Cl. The Morgan fingerprint density at radius 3 is 3.06 bits per heavy atom. The van der Waals surface area contributed by atoms with Gasteiger partial charge in [-0.1, -0.05) is 22.9 Å². The van der Waals surface area contributed by atoms with E-state index in [0.29, 0.717) is 17.6 Å². The third kappa shape index (κ3) is 2.80. The molecule has 2 aromatic heterocycles. The predicted octanol–water partition coefficient (Wildman–Crippen LogP) is 2.49. The number of nitrogens with one attached hydrogen (secondary N) is 1. The van der Waals surface area contributed by atoms with Gasteiger partial charge in [-0.15, -0.1) is 0 Å². The van der Waals surface area contributed by atoms with Crippen LogP contribution in [-0.4, -0.2) is 23.0 Å². The number of aromatic nitrogens is 2. The minimum atomic E-state index is -0.502. The summed E-state index contributed by atoms with van der Waals surface area (Å²) in [6, 6.07) is 0. The van der Waals surface area contributed by atoms with E-state index >= 15 is 0 Å². The Labute approximate surface area is 112 Å². The van der Waals surface area contributed by atoms with Crippen LogP contribution in [-0.2, 0) is 11.3 Å². The molecule has 2 aromatic rings. The maximum absolute atomic E-state index is 11.3. The standard InChI is InChI=1S/C10H10ClN3O3S/c1-5-3-12-6(17-5)4-13-10-14-8(11)7(18-10)9(15)16-2/h3H,4H2,1-2H3,(H,13,14). The van der Waals surface area contributed by atoms with Gasteiger partial charge in [0, 0.05) is 0 Å². The van der Waals surface area contributed by atoms with Crippen molar-refractivity contribution in [1.29, 1.82) is 0 Å². The summed E-state index contributed by atoms with van der Waals surface area (Å²) in [5.74, 6) is 0.773. The van der Waals surface area contributed by atoms with Gasteiger partial charge in [-0.3, -0.25) is 0 Å². The highest BCUT2D eigenvalue weighted by Crippen LogP contribution is 2.27. The largest absolute Gasteiger partial charge is 0.465 e. The van der Waals surface area contributed by atoms with E-state index in [2.05, 4.69) is 20.0 Å². The van der Waals surface area contributed by atoms with Crippen LogP contribution < -0.4 is 5.32 Å². The second-order valence-electron chi connectivity index (χ2n) is 3.35. The van der Waals surface area contributed by atoms with E-state index in [1.165, 1.54) is 7.11 Å². The van der Waals surface area contributed by atoms with Crippen LogP contribution in [0.1, 0.15) is 21.3 Å². The Hall–Kier alpha value is -1.60. The van der Waals surface area contributed by atoms with Crippen molar-refractivity contribution in [1.82, 2.24) is 9.97 Å². The molecule has 0 aliphatic rings. The monoisotopic (exact) mass is 287 g/mol. The minimum Gasteiger partial charge on any atom is -0.465 e. The molecule has 96 valence electrons. The molecule has 1 N–H and O–H groups in total. The van der Waals surface area contributed by atoms with Gasteiger partial charge in [0.1, 0.15) is 5.76 Å². The van der Waals surface area contributed by atoms with Gasteiger partial charge >= 0.3 is 5.97 Å². The number of esters is 1. The van der Waals surface area contributed by atoms with Gasteiger partial charge < -0.3 is 14.5 Å². The number of hydrogen-bond acceptors (Lipinski definition) is 7. The number of oxazole rings is 1. The van der Waals surface area contributed by atoms with Gasteiger partial charge in [-0.25, -0.2) is 14.8 Å². The summed E-state index contributed by atoms with van der Waals surface area (Å²) < 4.78 is 9.87. The fraction of sp³-hybridized carbons (Fsp3) is 0.300. The van der Waals surface area contributed by atoms with E-state index in [9.17, 15) is 4.79 Å². The molecule has 0 unspecified atom stereocenters. The molecular formula is C10H10ClN3O3S. The molecule has 8 heteroatoms. The van der Waals surface area contributed by atoms with Crippen molar-refractivity contribution >= 4 is 34.0 Å². The molecule has 0 spiro atoms. The zero-order valence-electron chi connectivity index (χ0n) is 9.69. The number of nitrogens with zero attached hydrogens (tertiary/aromatic N) is 2. The molecule has 0 amide bonds. The Bertz CT molecular complexity index is 566. The van der Waals surface area contributed by atoms with Crippen molar-refractivity contribution in [2.24, 2.45) is 0 Å². The highest BCUT2D eigenvalue weighted by Gasteiger charge is 2.17. The first-order valence-electron chi connectivity index (χ1n) is 5.00. The molecular weight excluding hydrogens is 278 g/mol. The number of ether oxygens (including phenoxy) is 1. The number of carbonyl (C=O) groups excluding carboxylic acids is 1. The lowest BCUT2D eigenvalue weighted by atomic mass is 10.6. The first kappa shape index (κ1) is 12.8. The van der Waals surface area contributed by atoms with Crippen LogP contribution in [0.2, 0.25) is 5.15 Å². The Morgan fingerprint density at radius 2 is 2.44 bits per heavy atom. The Morgan fingerprint density at radius 1 is 1.67 bits per heavy atom. The van der Waals surface area contributed by atoms with Crippen LogP contribution in [0, 0.1) is 6.92 Å². The highest BCUT2D eigenvalue weighted by molar-refractivity contribution is 7.18. The van der Waals surface area contributed by atoms with Crippen LogP contribution in [0.3, 0.4) is 0 Å². The molecule has 0 saturated heterocycles. The summed E-state index contributed by atoms with van der Waals surface area (Å²) in [5, 5.41) is 3.61. The smallest absolute Gasteiger partial charge is 0.351 e. The molecule has 0 radical (unpaired) electrons. The first-order chi connectivity index (χ1) is 8.60. The summed E-state index contributed by atoms with van der Waals surface area (Å²) in [6.45, 7) is 2.18. The molecule has 0 atom stereocenters. The maximum Gasteiger partial charge on any atom is 0.351 e. The molecule has 0 fully saturated rings. The minimum absolute atomic E-state index is 0.123. The predicted molar refractivity (Wildman–Crippen MR) is 67.0 cm³/mol. The van der Waals surface area contributed by atoms with E-state index in [-0.39, 0.29) is 10.0 Å². The zero-order valence-corrected chi connectivity index (χ0v) is 11.3. The Kier molecular flexibility index (Phi) is 3.83. The third-order valence-electron chi connectivity index (χ3n) is 2.02. The number of anilines is 1. The Balaban J connectivity index is 2.04. The van der Waals surface area contributed by atoms with Crippen molar-refractivity contribution in [2.45, 2.75) is 13.5 Å². The second kappa shape index (κ2) is 5.36. The average Bonchev–Trinajstić information content (AvgIpc) is 2.92. The lowest BCUT2D eigenvalue weighted by Crippen LogP contribution is -1.98. The second-order valence-corrected chi connectivity index (χ2v) is 4.71.